The largest absolute Gasteiger partial charge is 0.351 e. The van der Waals surface area contributed by atoms with Crippen LogP contribution in [0.5, 0.6) is 0 Å². The Morgan fingerprint density at radius 3 is 2.38 bits per heavy atom. The quantitative estimate of drug-likeness (QED) is 0.711. The molecule has 0 atom stereocenters. The minimum atomic E-state index is -3.34. The Balaban J connectivity index is 1.70. The minimum Gasteiger partial charge on any atom is -0.351 e. The van der Waals surface area contributed by atoms with E-state index in [1.165, 1.54) is 23.9 Å². The second-order valence-electron chi connectivity index (χ2n) is 5.09. The smallest absolute Gasteiger partial charge is 0.230 e. The van der Waals surface area contributed by atoms with Crippen molar-refractivity contribution in [2.75, 3.05) is 17.3 Å². The Morgan fingerprint density at radius 1 is 1.04 bits per heavy atom. The van der Waals surface area contributed by atoms with Crippen molar-refractivity contribution < 1.29 is 13.2 Å². The Morgan fingerprint density at radius 2 is 1.71 bits per heavy atom. The molecule has 0 aromatic heterocycles. The van der Waals surface area contributed by atoms with E-state index < -0.39 is 9.84 Å². The van der Waals surface area contributed by atoms with Gasteiger partial charge in [-0.2, -0.15) is 11.8 Å². The molecule has 0 fully saturated rings. The van der Waals surface area contributed by atoms with Crippen LogP contribution < -0.4 is 5.32 Å². The molecule has 0 aliphatic heterocycles. The van der Waals surface area contributed by atoms with Crippen molar-refractivity contribution in [3.05, 3.63) is 65.2 Å². The number of hydrogen-bond acceptors (Lipinski definition) is 4. The highest BCUT2D eigenvalue weighted by molar-refractivity contribution is 8.01. The number of benzene rings is 2. The molecule has 0 aliphatic carbocycles. The number of amides is 1. The molecular formula is C17H18ClNO3S2. The molecule has 7 heteroatoms. The fourth-order valence-electron chi connectivity index (χ4n) is 1.94. The Hall–Kier alpha value is -1.50. The lowest BCUT2D eigenvalue weighted by atomic mass is 10.2. The summed E-state index contributed by atoms with van der Waals surface area (Å²) in [6, 6.07) is 15.7. The number of hydrogen-bond donors (Lipinski definition) is 1. The van der Waals surface area contributed by atoms with Crippen LogP contribution in [0.1, 0.15) is 5.56 Å². The molecule has 0 saturated heterocycles. The zero-order chi connectivity index (χ0) is 17.4. The maximum absolute atomic E-state index is 12.1. The summed E-state index contributed by atoms with van der Waals surface area (Å²) in [7, 11) is -3.34. The Bertz CT molecular complexity index is 762. The topological polar surface area (TPSA) is 63.2 Å². The number of carbonyl (C=O) groups is 1. The van der Waals surface area contributed by atoms with Gasteiger partial charge in [0.25, 0.3) is 0 Å². The van der Waals surface area contributed by atoms with E-state index in [0.717, 1.165) is 5.56 Å². The van der Waals surface area contributed by atoms with Crippen LogP contribution in [-0.4, -0.2) is 31.6 Å². The number of thioether (sulfide) groups is 1. The molecular weight excluding hydrogens is 366 g/mol. The molecule has 4 nitrogen and oxygen atoms in total. The molecule has 0 aliphatic rings. The first-order chi connectivity index (χ1) is 11.5. The number of carbonyl (C=O) groups excluding carboxylic acids is 1. The standard InChI is InChI=1S/C17H18ClNO3S2/c18-15-6-8-16(9-7-15)24(21,22)11-10-23-13-17(20)19-12-14-4-2-1-3-5-14/h1-9H,10-13H2,(H,19,20). The van der Waals surface area contributed by atoms with Crippen LogP contribution in [0.4, 0.5) is 0 Å². The SMILES string of the molecule is O=C(CSCCS(=O)(=O)c1ccc(Cl)cc1)NCc1ccccc1. The van der Waals surface area contributed by atoms with Crippen molar-refractivity contribution in [2.45, 2.75) is 11.4 Å². The molecule has 0 radical (unpaired) electrons. The molecule has 2 aromatic carbocycles. The van der Waals surface area contributed by atoms with Crippen molar-refractivity contribution in [3.8, 4) is 0 Å². The third kappa shape index (κ3) is 6.19. The van der Waals surface area contributed by atoms with E-state index in [1.54, 1.807) is 12.1 Å². The molecule has 2 rings (SSSR count). The maximum atomic E-state index is 12.1. The highest BCUT2D eigenvalue weighted by atomic mass is 35.5. The summed E-state index contributed by atoms with van der Waals surface area (Å²) in [6.45, 7) is 0.476. The van der Waals surface area contributed by atoms with E-state index in [0.29, 0.717) is 17.3 Å². The van der Waals surface area contributed by atoms with Gasteiger partial charge in [0, 0.05) is 17.3 Å². The molecule has 24 heavy (non-hydrogen) atoms. The monoisotopic (exact) mass is 383 g/mol. The van der Waals surface area contributed by atoms with Crippen LogP contribution in [0.2, 0.25) is 5.02 Å². The van der Waals surface area contributed by atoms with Crippen LogP contribution in [-0.2, 0) is 21.2 Å². The second kappa shape index (κ2) is 9.11. The van der Waals surface area contributed by atoms with E-state index in [2.05, 4.69) is 5.32 Å². The summed E-state index contributed by atoms with van der Waals surface area (Å²) in [5.41, 5.74) is 1.03. The summed E-state index contributed by atoms with van der Waals surface area (Å²) in [5, 5.41) is 3.31. The van der Waals surface area contributed by atoms with Crippen LogP contribution in [0.15, 0.2) is 59.5 Å². The molecule has 0 spiro atoms. The highest BCUT2D eigenvalue weighted by Crippen LogP contribution is 2.16. The normalized spacial score (nSPS) is 11.2. The fourth-order valence-corrected chi connectivity index (χ4v) is 4.63. The first kappa shape index (κ1) is 18.8. The van der Waals surface area contributed by atoms with Crippen LogP contribution >= 0.6 is 23.4 Å². The van der Waals surface area contributed by atoms with E-state index in [-0.39, 0.29) is 22.3 Å². The number of rotatable bonds is 8. The van der Waals surface area contributed by atoms with E-state index in [4.69, 9.17) is 11.6 Å². The van der Waals surface area contributed by atoms with Gasteiger partial charge in [0.1, 0.15) is 0 Å². The van der Waals surface area contributed by atoms with Crippen LogP contribution in [0.3, 0.4) is 0 Å². The summed E-state index contributed by atoms with van der Waals surface area (Å²) >= 11 is 7.06. The minimum absolute atomic E-state index is 0.00867. The van der Waals surface area contributed by atoms with Gasteiger partial charge in [0.05, 0.1) is 16.4 Å². The third-order valence-electron chi connectivity index (χ3n) is 3.23. The van der Waals surface area contributed by atoms with Crippen molar-refractivity contribution in [2.24, 2.45) is 0 Å². The van der Waals surface area contributed by atoms with Crippen molar-refractivity contribution in [1.29, 1.82) is 0 Å². The maximum Gasteiger partial charge on any atom is 0.230 e. The van der Waals surface area contributed by atoms with Gasteiger partial charge in [0.2, 0.25) is 5.91 Å². The molecule has 0 saturated carbocycles. The second-order valence-corrected chi connectivity index (χ2v) is 8.74. The average Bonchev–Trinajstić information content (AvgIpc) is 2.58. The molecule has 0 unspecified atom stereocenters. The first-order valence-corrected chi connectivity index (χ1v) is 10.5. The zero-order valence-electron chi connectivity index (χ0n) is 12.9. The predicted octanol–water partition coefficient (Wildman–Crippen LogP) is 3.16. The lowest BCUT2D eigenvalue weighted by Gasteiger charge is -2.06. The summed E-state index contributed by atoms with van der Waals surface area (Å²) in [4.78, 5) is 12.0. The van der Waals surface area contributed by atoms with Gasteiger partial charge < -0.3 is 5.32 Å². The third-order valence-corrected chi connectivity index (χ3v) is 6.44. The summed E-state index contributed by atoms with van der Waals surface area (Å²) in [5.74, 6) is 0.491. The number of nitrogens with one attached hydrogen (secondary N) is 1. The first-order valence-electron chi connectivity index (χ1n) is 7.34. The predicted molar refractivity (Wildman–Crippen MR) is 99.1 cm³/mol. The summed E-state index contributed by atoms with van der Waals surface area (Å²) < 4.78 is 24.3. The molecule has 1 amide bonds. The van der Waals surface area contributed by atoms with Crippen LogP contribution in [0, 0.1) is 0 Å². The molecule has 128 valence electrons. The van der Waals surface area contributed by atoms with Gasteiger partial charge in [-0.05, 0) is 29.8 Å². The molecule has 0 heterocycles. The summed E-state index contributed by atoms with van der Waals surface area (Å²) in [6.07, 6.45) is 0. The number of halogens is 1. The Kier molecular flexibility index (Phi) is 7.15. The average molecular weight is 384 g/mol. The van der Waals surface area contributed by atoms with Crippen molar-refractivity contribution in [3.63, 3.8) is 0 Å². The van der Waals surface area contributed by atoms with Gasteiger partial charge in [0.15, 0.2) is 9.84 Å². The zero-order valence-corrected chi connectivity index (χ0v) is 15.3. The van der Waals surface area contributed by atoms with E-state index in [1.807, 2.05) is 30.3 Å². The van der Waals surface area contributed by atoms with Crippen molar-refractivity contribution in [1.82, 2.24) is 5.32 Å². The molecule has 0 bridgehead atoms. The van der Waals surface area contributed by atoms with Gasteiger partial charge in [-0.3, -0.25) is 4.79 Å². The fraction of sp³-hybridized carbons (Fsp3) is 0.235. The van der Waals surface area contributed by atoms with E-state index >= 15 is 0 Å². The number of sulfone groups is 1. The van der Waals surface area contributed by atoms with E-state index in [9.17, 15) is 13.2 Å². The van der Waals surface area contributed by atoms with Gasteiger partial charge in [-0.15, -0.1) is 0 Å². The highest BCUT2D eigenvalue weighted by Gasteiger charge is 2.14. The Labute approximate surface area is 151 Å². The van der Waals surface area contributed by atoms with Crippen molar-refractivity contribution >= 4 is 39.1 Å². The lowest BCUT2D eigenvalue weighted by molar-refractivity contribution is -0.118. The molecule has 1 N–H and O–H groups in total. The lowest BCUT2D eigenvalue weighted by Crippen LogP contribution is -2.25. The van der Waals surface area contributed by atoms with Gasteiger partial charge >= 0.3 is 0 Å². The molecule has 2 aromatic rings. The van der Waals surface area contributed by atoms with Gasteiger partial charge in [-0.25, -0.2) is 8.42 Å². The van der Waals surface area contributed by atoms with Crippen LogP contribution in [0.25, 0.3) is 0 Å². The van der Waals surface area contributed by atoms with Gasteiger partial charge in [-0.1, -0.05) is 41.9 Å².